The maximum absolute atomic E-state index is 13.4. The minimum Gasteiger partial charge on any atom is -0.335 e. The van der Waals surface area contributed by atoms with Crippen LogP contribution in [0, 0.1) is 17.6 Å². The number of halogens is 2. The topological polar surface area (TPSA) is 80.5 Å². The van der Waals surface area contributed by atoms with Crippen LogP contribution in [0.1, 0.15) is 29.6 Å². The van der Waals surface area contributed by atoms with Gasteiger partial charge in [0.2, 0.25) is 10.0 Å². The summed E-state index contributed by atoms with van der Waals surface area (Å²) < 4.78 is 49.7. The van der Waals surface area contributed by atoms with E-state index in [1.807, 2.05) is 0 Å². The van der Waals surface area contributed by atoms with Gasteiger partial charge in [0.15, 0.2) is 11.6 Å². The van der Waals surface area contributed by atoms with Gasteiger partial charge in [-0.1, -0.05) is 0 Å². The van der Waals surface area contributed by atoms with E-state index in [1.54, 1.807) is 0 Å². The largest absolute Gasteiger partial charge is 0.335 e. The molecule has 8 heteroatoms. The van der Waals surface area contributed by atoms with E-state index in [-0.39, 0.29) is 6.04 Å². The number of hydrogen-bond acceptors (Lipinski definition) is 3. The van der Waals surface area contributed by atoms with Gasteiger partial charge in [-0.3, -0.25) is 4.79 Å². The third-order valence-corrected chi connectivity index (χ3v) is 5.18. The SMILES string of the molecule is NS(=O)(=O)c1cc(F)c(F)cc1C(=O)N1CC2CCC1C2. The average Bonchev–Trinajstić information content (AvgIpc) is 3.01. The van der Waals surface area contributed by atoms with Gasteiger partial charge in [-0.25, -0.2) is 22.3 Å². The summed E-state index contributed by atoms with van der Waals surface area (Å²) in [5.74, 6) is -2.82. The van der Waals surface area contributed by atoms with Crippen molar-refractivity contribution in [3.05, 3.63) is 29.3 Å². The summed E-state index contributed by atoms with van der Waals surface area (Å²) in [6, 6.07) is 1.12. The summed E-state index contributed by atoms with van der Waals surface area (Å²) >= 11 is 0. The highest BCUT2D eigenvalue weighted by atomic mass is 32.2. The van der Waals surface area contributed by atoms with Gasteiger partial charge in [0.25, 0.3) is 5.91 Å². The highest BCUT2D eigenvalue weighted by Gasteiger charge is 2.41. The molecule has 2 fully saturated rings. The molecule has 0 aromatic heterocycles. The Bertz CT molecular complexity index is 720. The molecule has 1 aromatic rings. The molecule has 21 heavy (non-hydrogen) atoms. The summed E-state index contributed by atoms with van der Waals surface area (Å²) in [5, 5.41) is 5.00. The molecule has 2 aliphatic rings. The van der Waals surface area contributed by atoms with E-state index < -0.39 is 38.0 Å². The van der Waals surface area contributed by atoms with Gasteiger partial charge < -0.3 is 4.90 Å². The van der Waals surface area contributed by atoms with E-state index in [1.165, 1.54) is 4.90 Å². The maximum Gasteiger partial charge on any atom is 0.255 e. The Hall–Kier alpha value is -1.54. The lowest BCUT2D eigenvalue weighted by molar-refractivity contribution is 0.0699. The second-order valence-electron chi connectivity index (χ2n) is 5.60. The molecule has 3 rings (SSSR count). The molecule has 1 heterocycles. The quantitative estimate of drug-likeness (QED) is 0.891. The van der Waals surface area contributed by atoms with Crippen molar-refractivity contribution in [2.45, 2.75) is 30.2 Å². The molecule has 1 amide bonds. The number of likely N-dealkylation sites (tertiary alicyclic amines) is 1. The van der Waals surface area contributed by atoms with Crippen molar-refractivity contribution in [2.75, 3.05) is 6.54 Å². The Labute approximate surface area is 120 Å². The monoisotopic (exact) mass is 316 g/mol. The van der Waals surface area contributed by atoms with E-state index in [4.69, 9.17) is 5.14 Å². The zero-order chi connectivity index (χ0) is 15.4. The second-order valence-corrected chi connectivity index (χ2v) is 7.13. The molecule has 114 valence electrons. The summed E-state index contributed by atoms with van der Waals surface area (Å²) in [6.45, 7) is 0.520. The van der Waals surface area contributed by atoms with Crippen LogP contribution in [0.5, 0.6) is 0 Å². The predicted molar refractivity (Wildman–Crippen MR) is 69.9 cm³/mol. The number of amides is 1. The predicted octanol–water partition coefficient (Wildman–Crippen LogP) is 1.24. The van der Waals surface area contributed by atoms with Crippen molar-refractivity contribution in [3.63, 3.8) is 0 Å². The minimum atomic E-state index is -4.31. The number of nitrogens with two attached hydrogens (primary N) is 1. The van der Waals surface area contributed by atoms with Crippen LogP contribution in [0.4, 0.5) is 8.78 Å². The lowest BCUT2D eigenvalue weighted by atomic mass is 10.1. The Morgan fingerprint density at radius 3 is 2.43 bits per heavy atom. The number of primary sulfonamides is 1. The zero-order valence-electron chi connectivity index (χ0n) is 11.1. The molecule has 0 spiro atoms. The molecule has 2 bridgehead atoms. The molecule has 1 saturated heterocycles. The first kappa shape index (κ1) is 14.4. The molecular weight excluding hydrogens is 302 g/mol. The van der Waals surface area contributed by atoms with Crippen LogP contribution in [-0.2, 0) is 10.0 Å². The van der Waals surface area contributed by atoms with Crippen LogP contribution in [-0.4, -0.2) is 31.8 Å². The normalized spacial score (nSPS) is 24.6. The Morgan fingerprint density at radius 1 is 1.24 bits per heavy atom. The lowest BCUT2D eigenvalue weighted by Crippen LogP contribution is -2.38. The lowest BCUT2D eigenvalue weighted by Gasteiger charge is -2.27. The molecule has 1 aliphatic carbocycles. The number of piperidine rings is 1. The van der Waals surface area contributed by atoms with Crippen molar-refractivity contribution in [2.24, 2.45) is 11.1 Å². The molecule has 2 atom stereocenters. The summed E-state index contributed by atoms with van der Waals surface area (Å²) in [7, 11) is -4.31. The number of hydrogen-bond donors (Lipinski definition) is 1. The summed E-state index contributed by atoms with van der Waals surface area (Å²) in [4.78, 5) is 13.3. The zero-order valence-corrected chi connectivity index (χ0v) is 11.9. The molecule has 5 nitrogen and oxygen atoms in total. The van der Waals surface area contributed by atoms with Crippen molar-refractivity contribution in [1.82, 2.24) is 4.90 Å². The van der Waals surface area contributed by atoms with Crippen LogP contribution < -0.4 is 5.14 Å². The van der Waals surface area contributed by atoms with Crippen LogP contribution in [0.15, 0.2) is 17.0 Å². The van der Waals surface area contributed by atoms with Gasteiger partial charge >= 0.3 is 0 Å². The van der Waals surface area contributed by atoms with E-state index in [0.717, 1.165) is 19.3 Å². The van der Waals surface area contributed by atoms with Gasteiger partial charge in [0.1, 0.15) is 0 Å². The minimum absolute atomic E-state index is 0.0453. The van der Waals surface area contributed by atoms with Crippen molar-refractivity contribution in [1.29, 1.82) is 0 Å². The molecule has 2 unspecified atom stereocenters. The summed E-state index contributed by atoms with van der Waals surface area (Å²) in [6.07, 6.45) is 2.76. The van der Waals surface area contributed by atoms with E-state index in [9.17, 15) is 22.0 Å². The second kappa shape index (κ2) is 4.74. The standard InChI is InChI=1S/C13H14F2N2O3S/c14-10-4-9(12(5-11(10)15)21(16,19)20)13(18)17-6-7-1-2-8(17)3-7/h4-5,7-8H,1-3,6H2,(H2,16,19,20). The fourth-order valence-electron chi connectivity index (χ4n) is 3.26. The first-order valence-electron chi connectivity index (χ1n) is 6.60. The highest BCUT2D eigenvalue weighted by Crippen LogP contribution is 2.38. The third kappa shape index (κ3) is 2.42. The number of benzene rings is 1. The average molecular weight is 316 g/mol. The Kier molecular flexibility index (Phi) is 3.25. The van der Waals surface area contributed by atoms with Crippen LogP contribution in [0.25, 0.3) is 0 Å². The van der Waals surface area contributed by atoms with Gasteiger partial charge in [-0.15, -0.1) is 0 Å². The van der Waals surface area contributed by atoms with Crippen LogP contribution in [0.3, 0.4) is 0 Å². The van der Waals surface area contributed by atoms with E-state index in [0.29, 0.717) is 24.6 Å². The first-order valence-corrected chi connectivity index (χ1v) is 8.15. The van der Waals surface area contributed by atoms with E-state index >= 15 is 0 Å². The molecular formula is C13H14F2N2O3S. The highest BCUT2D eigenvalue weighted by molar-refractivity contribution is 7.89. The van der Waals surface area contributed by atoms with E-state index in [2.05, 4.69) is 0 Å². The van der Waals surface area contributed by atoms with Crippen molar-refractivity contribution < 1.29 is 22.0 Å². The van der Waals surface area contributed by atoms with Crippen molar-refractivity contribution in [3.8, 4) is 0 Å². The third-order valence-electron chi connectivity index (χ3n) is 4.23. The molecule has 2 N–H and O–H groups in total. The fourth-order valence-corrected chi connectivity index (χ4v) is 3.98. The van der Waals surface area contributed by atoms with Gasteiger partial charge in [0, 0.05) is 12.6 Å². The van der Waals surface area contributed by atoms with Crippen LogP contribution >= 0.6 is 0 Å². The van der Waals surface area contributed by atoms with Crippen molar-refractivity contribution >= 4 is 15.9 Å². The number of fused-ring (bicyclic) bond motifs is 2. The molecule has 1 aliphatic heterocycles. The first-order chi connectivity index (χ1) is 9.77. The molecule has 1 aromatic carbocycles. The Morgan fingerprint density at radius 2 is 1.90 bits per heavy atom. The Balaban J connectivity index is 2.05. The number of carbonyl (C=O) groups is 1. The van der Waals surface area contributed by atoms with Gasteiger partial charge in [0.05, 0.1) is 10.5 Å². The number of sulfonamides is 1. The molecule has 0 radical (unpaired) electrons. The fraction of sp³-hybridized carbons (Fsp3) is 0.462. The number of nitrogens with zero attached hydrogens (tertiary/aromatic N) is 1. The maximum atomic E-state index is 13.4. The van der Waals surface area contributed by atoms with Gasteiger partial charge in [-0.05, 0) is 37.3 Å². The molecule has 1 saturated carbocycles. The smallest absolute Gasteiger partial charge is 0.255 e. The van der Waals surface area contributed by atoms with Crippen LogP contribution in [0.2, 0.25) is 0 Å². The summed E-state index contributed by atoms with van der Waals surface area (Å²) in [5.41, 5.74) is -0.399. The number of carbonyl (C=O) groups excluding carboxylic acids is 1. The number of rotatable bonds is 2. The van der Waals surface area contributed by atoms with Gasteiger partial charge in [-0.2, -0.15) is 0 Å².